The molecule has 6 nitrogen and oxygen atoms in total. The molecule has 0 amide bonds. The van der Waals surface area contributed by atoms with Crippen molar-refractivity contribution in [1.82, 2.24) is 19.3 Å². The molecule has 3 aromatic rings. The van der Waals surface area contributed by atoms with Crippen molar-refractivity contribution >= 4 is 11.5 Å². The summed E-state index contributed by atoms with van der Waals surface area (Å²) >= 11 is 0. The minimum absolute atomic E-state index is 0.651. The zero-order valence-corrected chi connectivity index (χ0v) is 15.0. The van der Waals surface area contributed by atoms with E-state index in [0.717, 1.165) is 50.6 Å². The highest BCUT2D eigenvalue weighted by Gasteiger charge is 2.19. The third-order valence-electron chi connectivity index (χ3n) is 4.91. The van der Waals surface area contributed by atoms with E-state index in [0.29, 0.717) is 5.56 Å². The van der Waals surface area contributed by atoms with Gasteiger partial charge in [-0.1, -0.05) is 6.07 Å². The Balaban J connectivity index is 1.48. The topological polar surface area (TPSA) is 60.5 Å². The number of anilines is 1. The standard InChI is InChI=1S/C20H22N6/c1-16-5-6-19-23-13-18(26(19)14-16)15-24-8-3-9-25(11-10-24)20-17(12-21)4-2-7-22-20/h2,4-7,13-14H,3,8-11,15H2,1H3. The second-order valence-corrected chi connectivity index (χ2v) is 6.79. The van der Waals surface area contributed by atoms with Crippen LogP contribution in [0.2, 0.25) is 0 Å². The van der Waals surface area contributed by atoms with Crippen molar-refractivity contribution < 1.29 is 0 Å². The van der Waals surface area contributed by atoms with Gasteiger partial charge in [0.2, 0.25) is 0 Å². The third kappa shape index (κ3) is 3.26. The average Bonchev–Trinajstić information content (AvgIpc) is 2.90. The molecule has 4 heterocycles. The SMILES string of the molecule is Cc1ccc2ncc(CN3CCCN(c4ncccc4C#N)CC3)n2c1. The normalized spacial score (nSPS) is 15.8. The van der Waals surface area contributed by atoms with Crippen LogP contribution in [-0.2, 0) is 6.54 Å². The van der Waals surface area contributed by atoms with Gasteiger partial charge in [0, 0.05) is 45.1 Å². The summed E-state index contributed by atoms with van der Waals surface area (Å²) in [5.74, 6) is 0.808. The number of aryl methyl sites for hydroxylation is 1. The highest BCUT2D eigenvalue weighted by atomic mass is 15.3. The fourth-order valence-corrected chi connectivity index (χ4v) is 3.56. The molecule has 0 atom stereocenters. The molecule has 0 aliphatic carbocycles. The number of nitrogens with zero attached hydrogens (tertiary/aromatic N) is 6. The van der Waals surface area contributed by atoms with E-state index >= 15 is 0 Å². The summed E-state index contributed by atoms with van der Waals surface area (Å²) in [5.41, 5.74) is 4.10. The Labute approximate surface area is 153 Å². The van der Waals surface area contributed by atoms with Crippen molar-refractivity contribution in [2.75, 3.05) is 31.1 Å². The first-order valence-electron chi connectivity index (χ1n) is 8.99. The number of nitriles is 1. The molecule has 0 unspecified atom stereocenters. The molecule has 0 aromatic carbocycles. The summed E-state index contributed by atoms with van der Waals surface area (Å²) in [6.07, 6.45) is 6.94. The van der Waals surface area contributed by atoms with E-state index in [9.17, 15) is 5.26 Å². The van der Waals surface area contributed by atoms with Crippen LogP contribution in [0.3, 0.4) is 0 Å². The minimum Gasteiger partial charge on any atom is -0.354 e. The number of hydrogen-bond donors (Lipinski definition) is 0. The first-order valence-corrected chi connectivity index (χ1v) is 8.99. The van der Waals surface area contributed by atoms with Gasteiger partial charge in [0.15, 0.2) is 0 Å². The molecule has 3 aromatic heterocycles. The number of hydrogen-bond acceptors (Lipinski definition) is 5. The first-order chi connectivity index (χ1) is 12.7. The smallest absolute Gasteiger partial charge is 0.146 e. The van der Waals surface area contributed by atoms with Crippen molar-refractivity contribution in [1.29, 1.82) is 5.26 Å². The van der Waals surface area contributed by atoms with Gasteiger partial charge in [0.1, 0.15) is 17.5 Å². The van der Waals surface area contributed by atoms with Crippen LogP contribution in [0.15, 0.2) is 42.9 Å². The van der Waals surface area contributed by atoms with Crippen LogP contribution in [0.4, 0.5) is 5.82 Å². The van der Waals surface area contributed by atoms with Crippen molar-refractivity contribution in [3.05, 3.63) is 59.7 Å². The first kappa shape index (κ1) is 16.6. The molecular formula is C20H22N6. The van der Waals surface area contributed by atoms with Gasteiger partial charge in [-0.15, -0.1) is 0 Å². The largest absolute Gasteiger partial charge is 0.354 e. The minimum atomic E-state index is 0.651. The van der Waals surface area contributed by atoms with Crippen LogP contribution >= 0.6 is 0 Å². The van der Waals surface area contributed by atoms with Crippen LogP contribution in [-0.4, -0.2) is 45.4 Å². The second kappa shape index (κ2) is 7.14. The van der Waals surface area contributed by atoms with Gasteiger partial charge in [0.05, 0.1) is 17.5 Å². The number of fused-ring (bicyclic) bond motifs is 1. The van der Waals surface area contributed by atoms with Crippen molar-refractivity contribution in [2.45, 2.75) is 19.9 Å². The molecule has 6 heteroatoms. The molecule has 0 bridgehead atoms. The maximum Gasteiger partial charge on any atom is 0.146 e. The molecule has 1 aliphatic heterocycles. The van der Waals surface area contributed by atoms with Gasteiger partial charge in [-0.3, -0.25) is 4.90 Å². The number of imidazole rings is 1. The Morgan fingerprint density at radius 1 is 1.12 bits per heavy atom. The van der Waals surface area contributed by atoms with E-state index in [2.05, 4.69) is 55.5 Å². The van der Waals surface area contributed by atoms with E-state index in [1.807, 2.05) is 18.3 Å². The Kier molecular flexibility index (Phi) is 4.55. The summed E-state index contributed by atoms with van der Waals surface area (Å²) in [5, 5.41) is 9.33. The average molecular weight is 346 g/mol. The monoisotopic (exact) mass is 346 g/mol. The second-order valence-electron chi connectivity index (χ2n) is 6.79. The molecule has 26 heavy (non-hydrogen) atoms. The molecule has 1 saturated heterocycles. The molecule has 132 valence electrons. The molecule has 0 N–H and O–H groups in total. The molecule has 1 fully saturated rings. The maximum absolute atomic E-state index is 9.33. The maximum atomic E-state index is 9.33. The molecule has 4 rings (SSSR count). The van der Waals surface area contributed by atoms with Crippen LogP contribution < -0.4 is 4.90 Å². The number of pyridine rings is 2. The Bertz CT molecular complexity index is 954. The van der Waals surface area contributed by atoms with Gasteiger partial charge in [0.25, 0.3) is 0 Å². The van der Waals surface area contributed by atoms with E-state index < -0.39 is 0 Å². The summed E-state index contributed by atoms with van der Waals surface area (Å²) in [6, 6.07) is 10.1. The predicted octanol–water partition coefficient (Wildman–Crippen LogP) is 2.62. The Morgan fingerprint density at radius 3 is 2.92 bits per heavy atom. The van der Waals surface area contributed by atoms with Crippen LogP contribution in [0.5, 0.6) is 0 Å². The number of aromatic nitrogens is 3. The lowest BCUT2D eigenvalue weighted by Gasteiger charge is -2.23. The fourth-order valence-electron chi connectivity index (χ4n) is 3.56. The quantitative estimate of drug-likeness (QED) is 0.730. The zero-order chi connectivity index (χ0) is 17.9. The number of rotatable bonds is 3. The van der Waals surface area contributed by atoms with Crippen molar-refractivity contribution in [2.24, 2.45) is 0 Å². The van der Waals surface area contributed by atoms with E-state index in [4.69, 9.17) is 0 Å². The zero-order valence-electron chi connectivity index (χ0n) is 15.0. The molecular weight excluding hydrogens is 324 g/mol. The van der Waals surface area contributed by atoms with Gasteiger partial charge < -0.3 is 9.30 Å². The third-order valence-corrected chi connectivity index (χ3v) is 4.91. The summed E-state index contributed by atoms with van der Waals surface area (Å²) in [4.78, 5) is 13.6. The van der Waals surface area contributed by atoms with Crippen LogP contribution in [0.25, 0.3) is 5.65 Å². The van der Waals surface area contributed by atoms with Gasteiger partial charge in [-0.2, -0.15) is 5.26 Å². The predicted molar refractivity (Wildman–Crippen MR) is 101 cm³/mol. The van der Waals surface area contributed by atoms with E-state index in [-0.39, 0.29) is 0 Å². The van der Waals surface area contributed by atoms with Gasteiger partial charge in [-0.25, -0.2) is 9.97 Å². The molecule has 0 saturated carbocycles. The van der Waals surface area contributed by atoms with Crippen molar-refractivity contribution in [3.63, 3.8) is 0 Å². The lowest BCUT2D eigenvalue weighted by Crippen LogP contribution is -2.31. The van der Waals surface area contributed by atoms with Gasteiger partial charge >= 0.3 is 0 Å². The summed E-state index contributed by atoms with van der Waals surface area (Å²) in [7, 11) is 0. The summed E-state index contributed by atoms with van der Waals surface area (Å²) < 4.78 is 2.19. The Morgan fingerprint density at radius 2 is 2.04 bits per heavy atom. The van der Waals surface area contributed by atoms with E-state index in [1.165, 1.54) is 11.3 Å². The van der Waals surface area contributed by atoms with Crippen LogP contribution in [0, 0.1) is 18.3 Å². The van der Waals surface area contributed by atoms with Crippen LogP contribution in [0.1, 0.15) is 23.2 Å². The highest BCUT2D eigenvalue weighted by Crippen LogP contribution is 2.19. The fraction of sp³-hybridized carbons (Fsp3) is 0.350. The van der Waals surface area contributed by atoms with Crippen molar-refractivity contribution in [3.8, 4) is 6.07 Å². The molecule has 0 radical (unpaired) electrons. The lowest BCUT2D eigenvalue weighted by molar-refractivity contribution is 0.281. The lowest BCUT2D eigenvalue weighted by atomic mass is 10.2. The Hall–Kier alpha value is -2.91. The van der Waals surface area contributed by atoms with Gasteiger partial charge in [-0.05, 0) is 37.1 Å². The summed E-state index contributed by atoms with van der Waals surface area (Å²) in [6.45, 7) is 6.76. The van der Waals surface area contributed by atoms with E-state index in [1.54, 1.807) is 6.20 Å². The highest BCUT2D eigenvalue weighted by molar-refractivity contribution is 5.53. The molecule has 0 spiro atoms. The molecule has 1 aliphatic rings.